The number of anilines is 1. The van der Waals surface area contributed by atoms with Crippen LogP contribution in [0.2, 0.25) is 5.02 Å². The first-order valence-electron chi connectivity index (χ1n) is 10.3. The lowest BCUT2D eigenvalue weighted by atomic mass is 10.1. The summed E-state index contributed by atoms with van der Waals surface area (Å²) in [6, 6.07) is 17.5. The Balaban J connectivity index is 1.46. The molecular formula is C25H19ClN2O6. The Kier molecular flexibility index (Phi) is 5.73. The van der Waals surface area contributed by atoms with Gasteiger partial charge in [0.2, 0.25) is 6.79 Å². The summed E-state index contributed by atoms with van der Waals surface area (Å²) in [5.41, 5.74) is 4.34. The van der Waals surface area contributed by atoms with E-state index in [2.05, 4.69) is 5.43 Å². The van der Waals surface area contributed by atoms with E-state index in [1.54, 1.807) is 36.4 Å². The highest BCUT2D eigenvalue weighted by Crippen LogP contribution is 2.38. The minimum Gasteiger partial charge on any atom is -0.493 e. The Morgan fingerprint density at radius 3 is 2.65 bits per heavy atom. The van der Waals surface area contributed by atoms with Gasteiger partial charge in [-0.2, -0.15) is 0 Å². The van der Waals surface area contributed by atoms with Crippen LogP contribution in [-0.2, 0) is 16.2 Å². The smallest absolute Gasteiger partial charge is 0.282 e. The van der Waals surface area contributed by atoms with Gasteiger partial charge in [-0.1, -0.05) is 35.9 Å². The molecule has 2 aliphatic rings. The molecule has 0 aromatic heterocycles. The molecule has 0 spiro atoms. The maximum absolute atomic E-state index is 13.0. The second kappa shape index (κ2) is 8.99. The molecule has 0 unspecified atom stereocenters. The summed E-state index contributed by atoms with van der Waals surface area (Å²) < 4.78 is 22.3. The van der Waals surface area contributed by atoms with Crippen molar-refractivity contribution in [3.05, 3.63) is 82.4 Å². The van der Waals surface area contributed by atoms with Gasteiger partial charge in [0.25, 0.3) is 11.8 Å². The van der Waals surface area contributed by atoms with Crippen LogP contribution in [0.15, 0.2) is 66.2 Å². The van der Waals surface area contributed by atoms with Gasteiger partial charge in [0.05, 0.1) is 12.8 Å². The van der Waals surface area contributed by atoms with Gasteiger partial charge in [-0.3, -0.25) is 15.0 Å². The van der Waals surface area contributed by atoms with E-state index in [4.69, 9.17) is 30.5 Å². The van der Waals surface area contributed by atoms with E-state index in [1.807, 2.05) is 24.3 Å². The molecule has 9 heteroatoms. The number of para-hydroxylation sites is 1. The van der Waals surface area contributed by atoms with Crippen molar-refractivity contribution in [1.82, 2.24) is 5.43 Å². The van der Waals surface area contributed by atoms with E-state index in [0.717, 1.165) is 5.56 Å². The summed E-state index contributed by atoms with van der Waals surface area (Å²) in [4.78, 5) is 25.6. The lowest BCUT2D eigenvalue weighted by molar-refractivity contribution is -0.117. The average Bonchev–Trinajstić information content (AvgIpc) is 3.43. The molecule has 0 atom stereocenters. The number of hydrogen-bond acceptors (Lipinski definition) is 6. The van der Waals surface area contributed by atoms with Crippen LogP contribution in [0.3, 0.4) is 0 Å². The summed E-state index contributed by atoms with van der Waals surface area (Å²) >= 11 is 6.27. The van der Waals surface area contributed by atoms with Crippen molar-refractivity contribution in [2.24, 2.45) is 0 Å². The highest BCUT2D eigenvalue weighted by molar-refractivity contribution is 6.32. The number of amides is 2. The van der Waals surface area contributed by atoms with Crippen LogP contribution in [0.4, 0.5) is 5.69 Å². The lowest BCUT2D eigenvalue weighted by Gasteiger charge is -2.15. The molecule has 34 heavy (non-hydrogen) atoms. The number of hydrogen-bond donors (Lipinski definition) is 1. The fourth-order valence-electron chi connectivity index (χ4n) is 3.66. The number of hydrazine groups is 1. The van der Waals surface area contributed by atoms with Gasteiger partial charge in [0.1, 0.15) is 12.2 Å². The Morgan fingerprint density at radius 1 is 1.06 bits per heavy atom. The number of benzene rings is 3. The van der Waals surface area contributed by atoms with Crippen LogP contribution in [0.1, 0.15) is 11.1 Å². The van der Waals surface area contributed by atoms with E-state index < -0.39 is 11.8 Å². The summed E-state index contributed by atoms with van der Waals surface area (Å²) in [6.07, 6.45) is 1.45. The van der Waals surface area contributed by atoms with Crippen LogP contribution in [0.25, 0.3) is 6.08 Å². The van der Waals surface area contributed by atoms with Gasteiger partial charge >= 0.3 is 0 Å². The molecule has 3 aromatic rings. The molecule has 2 aliphatic heterocycles. The Morgan fingerprint density at radius 2 is 1.85 bits per heavy atom. The third-order valence-electron chi connectivity index (χ3n) is 5.29. The number of halogens is 1. The van der Waals surface area contributed by atoms with E-state index in [1.165, 1.54) is 18.2 Å². The predicted molar refractivity (Wildman–Crippen MR) is 125 cm³/mol. The topological polar surface area (TPSA) is 86.3 Å². The highest BCUT2D eigenvalue weighted by Gasteiger charge is 2.34. The number of carbonyl (C=O) groups excluding carboxylic acids is 2. The normalized spacial score (nSPS) is 15.6. The van der Waals surface area contributed by atoms with Gasteiger partial charge in [-0.05, 0) is 42.0 Å². The minimum absolute atomic E-state index is 0.0545. The fourth-order valence-corrected chi connectivity index (χ4v) is 3.88. The van der Waals surface area contributed by atoms with E-state index in [0.29, 0.717) is 39.3 Å². The van der Waals surface area contributed by atoms with Crippen molar-refractivity contribution in [2.45, 2.75) is 6.61 Å². The monoisotopic (exact) mass is 478 g/mol. The van der Waals surface area contributed by atoms with Crippen molar-refractivity contribution >= 4 is 35.2 Å². The van der Waals surface area contributed by atoms with Gasteiger partial charge in [-0.25, -0.2) is 5.01 Å². The van der Waals surface area contributed by atoms with E-state index in [-0.39, 0.29) is 19.0 Å². The fraction of sp³-hybridized carbons (Fsp3) is 0.120. The molecule has 0 bridgehead atoms. The number of methoxy groups -OCH3 is 1. The molecule has 5 rings (SSSR count). The molecule has 2 heterocycles. The number of rotatable bonds is 6. The average molecular weight is 479 g/mol. The predicted octanol–water partition coefficient (Wildman–Crippen LogP) is 4.12. The molecule has 172 valence electrons. The van der Waals surface area contributed by atoms with Gasteiger partial charge < -0.3 is 18.9 Å². The molecule has 0 radical (unpaired) electrons. The molecule has 1 fully saturated rings. The Labute approximate surface area is 200 Å². The summed E-state index contributed by atoms with van der Waals surface area (Å²) in [6.45, 7) is 0.361. The number of carbonyl (C=O) groups is 2. The maximum Gasteiger partial charge on any atom is 0.282 e. The second-order valence-electron chi connectivity index (χ2n) is 7.48. The second-order valence-corrected chi connectivity index (χ2v) is 7.91. The third kappa shape index (κ3) is 4.11. The number of nitrogens with zero attached hydrogens (tertiary/aromatic N) is 1. The largest absolute Gasteiger partial charge is 0.493 e. The van der Waals surface area contributed by atoms with Gasteiger partial charge in [0, 0.05) is 16.7 Å². The Hall–Kier alpha value is -4.17. The molecular weight excluding hydrogens is 460 g/mol. The van der Waals surface area contributed by atoms with Crippen molar-refractivity contribution in [1.29, 1.82) is 0 Å². The quantitative estimate of drug-likeness (QED) is 0.424. The molecule has 1 saturated heterocycles. The maximum atomic E-state index is 13.0. The van der Waals surface area contributed by atoms with E-state index in [9.17, 15) is 9.59 Å². The standard InChI is InChI=1S/C25H19ClN2O6/c1-31-22-12-17(26)10-16(23(22)32-13-15-7-8-20-21(9-15)34-14-33-20)11-19-24(29)27-28(25(19)30)18-5-3-2-4-6-18/h2-12H,13-14H2,1H3,(H,27,29)/b19-11+. The van der Waals surface area contributed by atoms with Crippen molar-refractivity contribution < 1.29 is 28.5 Å². The number of ether oxygens (including phenoxy) is 4. The molecule has 8 nitrogen and oxygen atoms in total. The highest BCUT2D eigenvalue weighted by atomic mass is 35.5. The zero-order chi connectivity index (χ0) is 23.7. The lowest BCUT2D eigenvalue weighted by Crippen LogP contribution is -2.35. The SMILES string of the molecule is COc1cc(Cl)cc(/C=C2\C(=O)NN(c3ccccc3)C2=O)c1OCc1ccc2c(c1)OCO2. The van der Waals surface area contributed by atoms with Crippen LogP contribution in [0.5, 0.6) is 23.0 Å². The van der Waals surface area contributed by atoms with Crippen molar-refractivity contribution in [3.8, 4) is 23.0 Å². The van der Waals surface area contributed by atoms with Crippen LogP contribution in [0, 0.1) is 0 Å². The number of fused-ring (bicyclic) bond motifs is 1. The first-order valence-corrected chi connectivity index (χ1v) is 10.7. The van der Waals surface area contributed by atoms with Crippen LogP contribution >= 0.6 is 11.6 Å². The van der Waals surface area contributed by atoms with E-state index >= 15 is 0 Å². The third-order valence-corrected chi connectivity index (χ3v) is 5.51. The minimum atomic E-state index is -0.533. The molecule has 0 aliphatic carbocycles. The van der Waals surface area contributed by atoms with Crippen molar-refractivity contribution in [2.75, 3.05) is 18.9 Å². The summed E-state index contributed by atoms with van der Waals surface area (Å²) in [5, 5.41) is 1.56. The number of nitrogens with one attached hydrogen (secondary N) is 1. The van der Waals surface area contributed by atoms with Crippen LogP contribution in [-0.4, -0.2) is 25.7 Å². The van der Waals surface area contributed by atoms with Gasteiger partial charge in [0.15, 0.2) is 23.0 Å². The molecule has 0 saturated carbocycles. The summed E-state index contributed by atoms with van der Waals surface area (Å²) in [7, 11) is 1.49. The molecule has 3 aromatic carbocycles. The molecule has 2 amide bonds. The van der Waals surface area contributed by atoms with Gasteiger partial charge in [-0.15, -0.1) is 0 Å². The van der Waals surface area contributed by atoms with Crippen molar-refractivity contribution in [3.63, 3.8) is 0 Å². The first kappa shape index (κ1) is 21.7. The zero-order valence-corrected chi connectivity index (χ0v) is 18.8. The van der Waals surface area contributed by atoms with Crippen LogP contribution < -0.4 is 29.4 Å². The Bertz CT molecular complexity index is 1310. The first-order chi connectivity index (χ1) is 16.5. The molecule has 1 N–H and O–H groups in total. The summed E-state index contributed by atoms with van der Waals surface area (Å²) in [5.74, 6) is 1.00. The zero-order valence-electron chi connectivity index (χ0n) is 18.0.